The van der Waals surface area contributed by atoms with E-state index >= 15 is 0 Å². The third kappa shape index (κ3) is 10.1. The molecule has 0 fully saturated rings. The van der Waals surface area contributed by atoms with Crippen LogP contribution in [0.1, 0.15) is 44.8 Å². The van der Waals surface area contributed by atoms with Gasteiger partial charge in [-0.2, -0.15) is 0 Å². The summed E-state index contributed by atoms with van der Waals surface area (Å²) >= 11 is 0. The van der Waals surface area contributed by atoms with E-state index in [0.29, 0.717) is 0 Å². The summed E-state index contributed by atoms with van der Waals surface area (Å²) in [5, 5.41) is 13.4. The molecule has 4 aromatic carbocycles. The molecule has 0 saturated heterocycles. The maximum Gasteiger partial charge on any atom is 0.352 e. The number of carbonyl (C=O) groups excluding carboxylic acids is 3. The number of carbonyl (C=O) groups is 4. The first-order valence-corrected chi connectivity index (χ1v) is 14.7. The second kappa shape index (κ2) is 17.2. The molecular formula is C36H35NO9. The quantitative estimate of drug-likeness (QED) is 0.129. The average molecular weight is 626 g/mol. The van der Waals surface area contributed by atoms with Crippen LogP contribution in [0.5, 0.6) is 0 Å². The topological polar surface area (TPSA) is 137 Å². The predicted octanol–water partition coefficient (Wildman–Crippen LogP) is 5.00. The summed E-state index contributed by atoms with van der Waals surface area (Å²) in [6.07, 6.45) is -5.30. The molecule has 10 nitrogen and oxygen atoms in total. The Kier molecular flexibility index (Phi) is 12.6. The van der Waals surface area contributed by atoms with Gasteiger partial charge < -0.3 is 29.4 Å². The van der Waals surface area contributed by atoms with E-state index in [1.807, 2.05) is 67.6 Å². The zero-order valence-electron chi connectivity index (χ0n) is 25.2. The number of nitrogens with one attached hydrogen (secondary N) is 1. The predicted molar refractivity (Wildman–Crippen MR) is 168 cm³/mol. The Morgan fingerprint density at radius 2 is 1.13 bits per heavy atom. The van der Waals surface area contributed by atoms with Gasteiger partial charge in [0.25, 0.3) is 0 Å². The van der Waals surface area contributed by atoms with Crippen molar-refractivity contribution in [3.63, 3.8) is 0 Å². The Labute approximate surface area is 266 Å². The van der Waals surface area contributed by atoms with Crippen LogP contribution in [0.4, 0.5) is 0 Å². The summed E-state index contributed by atoms with van der Waals surface area (Å²) in [6.45, 7) is 2.20. The molecule has 46 heavy (non-hydrogen) atoms. The van der Waals surface area contributed by atoms with Gasteiger partial charge in [0, 0.05) is 12.6 Å². The smallest absolute Gasteiger partial charge is 0.352 e. The summed E-state index contributed by atoms with van der Waals surface area (Å²) in [5.41, 5.74) is 1.99. The number of ether oxygens (including phenoxy) is 4. The monoisotopic (exact) mass is 625 g/mol. The van der Waals surface area contributed by atoms with Crippen molar-refractivity contribution >= 4 is 23.9 Å². The van der Waals surface area contributed by atoms with E-state index < -0.39 is 42.2 Å². The van der Waals surface area contributed by atoms with Crippen molar-refractivity contribution in [2.75, 3.05) is 13.2 Å². The van der Waals surface area contributed by atoms with E-state index in [4.69, 9.17) is 18.9 Å². The number of carboxylic acid groups (broad SMARTS) is 1. The first kappa shape index (κ1) is 33.6. The molecule has 0 unspecified atom stereocenters. The van der Waals surface area contributed by atoms with E-state index in [2.05, 4.69) is 5.32 Å². The molecule has 0 amide bonds. The minimum Gasteiger partial charge on any atom is -0.478 e. The van der Waals surface area contributed by atoms with Gasteiger partial charge in [0.15, 0.2) is 0 Å². The molecule has 0 spiro atoms. The molecule has 0 bridgehead atoms. The average Bonchev–Trinajstić information content (AvgIpc) is 3.09. The first-order chi connectivity index (χ1) is 22.3. The molecule has 4 rings (SSSR count). The molecular weight excluding hydrogens is 590 g/mol. The summed E-state index contributed by atoms with van der Waals surface area (Å²) in [4.78, 5) is 52.0. The molecule has 238 valence electrons. The van der Waals surface area contributed by atoms with E-state index in [1.54, 1.807) is 36.4 Å². The molecule has 0 heterocycles. The largest absolute Gasteiger partial charge is 0.478 e. The van der Waals surface area contributed by atoms with Crippen LogP contribution in [0.15, 0.2) is 121 Å². The molecule has 0 radical (unpaired) electrons. The SMILES string of the molecule is C[C@@H](NC[C@@H](COCc1ccccc1)OC(=O)[C@@H](OC(=O)c1ccccc1)[C@@H](OC(=O)c1ccccc1)C(=O)O)c1ccccc1. The van der Waals surface area contributed by atoms with E-state index in [9.17, 15) is 24.3 Å². The fraction of sp³-hybridized carbons (Fsp3) is 0.222. The molecule has 2 N–H and O–H groups in total. The van der Waals surface area contributed by atoms with Crippen LogP contribution in [-0.2, 0) is 35.1 Å². The van der Waals surface area contributed by atoms with Gasteiger partial charge in [-0.3, -0.25) is 0 Å². The van der Waals surface area contributed by atoms with Crippen molar-refractivity contribution in [2.45, 2.75) is 37.9 Å². The van der Waals surface area contributed by atoms with Crippen LogP contribution in [0.3, 0.4) is 0 Å². The van der Waals surface area contributed by atoms with Gasteiger partial charge in [0.2, 0.25) is 12.2 Å². The third-order valence-corrected chi connectivity index (χ3v) is 6.89. The maximum absolute atomic E-state index is 13.7. The highest BCUT2D eigenvalue weighted by Gasteiger charge is 2.43. The number of hydrogen-bond donors (Lipinski definition) is 2. The Hall–Kier alpha value is -5.32. The molecule has 4 atom stereocenters. The van der Waals surface area contributed by atoms with Crippen LogP contribution in [-0.4, -0.2) is 60.4 Å². The molecule has 0 saturated carbocycles. The molecule has 4 aromatic rings. The number of aliphatic carboxylic acids is 1. The van der Waals surface area contributed by atoms with Gasteiger partial charge in [0.05, 0.1) is 24.3 Å². The van der Waals surface area contributed by atoms with Crippen LogP contribution in [0.2, 0.25) is 0 Å². The molecule has 10 heteroatoms. The normalized spacial score (nSPS) is 13.4. The highest BCUT2D eigenvalue weighted by Crippen LogP contribution is 2.17. The van der Waals surface area contributed by atoms with Crippen molar-refractivity contribution in [1.82, 2.24) is 5.32 Å². The van der Waals surface area contributed by atoms with Gasteiger partial charge in [-0.05, 0) is 42.3 Å². The second-order valence-electron chi connectivity index (χ2n) is 10.3. The van der Waals surface area contributed by atoms with Crippen LogP contribution < -0.4 is 5.32 Å². The standard InChI is InChI=1S/C36H35NO9/c1-25(27-16-8-3-9-17-27)37-22-30(24-43-23-26-14-6-2-7-15-26)44-36(42)32(46-35(41)29-20-12-5-13-21-29)31(33(38)39)45-34(40)28-18-10-4-11-19-28/h2-21,25,30-32,37H,22-24H2,1H3,(H,38,39)/t25-,30+,31-,32+/m1/s1. The number of hydrogen-bond acceptors (Lipinski definition) is 9. The Bertz CT molecular complexity index is 1550. The van der Waals surface area contributed by atoms with Gasteiger partial charge >= 0.3 is 23.9 Å². The lowest BCUT2D eigenvalue weighted by Crippen LogP contribution is -2.48. The summed E-state index contributed by atoms with van der Waals surface area (Å²) < 4.78 is 22.2. The molecule has 0 aliphatic heterocycles. The number of benzene rings is 4. The van der Waals surface area contributed by atoms with E-state index in [1.165, 1.54) is 24.3 Å². The lowest BCUT2D eigenvalue weighted by atomic mass is 10.1. The van der Waals surface area contributed by atoms with Gasteiger partial charge in [-0.25, -0.2) is 19.2 Å². The van der Waals surface area contributed by atoms with Crippen molar-refractivity contribution in [3.05, 3.63) is 144 Å². The Morgan fingerprint density at radius 1 is 0.652 bits per heavy atom. The summed E-state index contributed by atoms with van der Waals surface area (Å²) in [7, 11) is 0. The first-order valence-electron chi connectivity index (χ1n) is 14.7. The van der Waals surface area contributed by atoms with Crippen LogP contribution in [0.25, 0.3) is 0 Å². The maximum atomic E-state index is 13.7. The number of esters is 3. The zero-order chi connectivity index (χ0) is 32.7. The minimum atomic E-state index is -2.21. The fourth-order valence-electron chi connectivity index (χ4n) is 4.41. The van der Waals surface area contributed by atoms with Gasteiger partial charge in [0.1, 0.15) is 6.10 Å². The molecule has 0 aliphatic carbocycles. The Balaban J connectivity index is 1.55. The second-order valence-corrected chi connectivity index (χ2v) is 10.3. The van der Waals surface area contributed by atoms with Crippen molar-refractivity contribution in [3.8, 4) is 0 Å². The molecule has 0 aromatic heterocycles. The lowest BCUT2D eigenvalue weighted by molar-refractivity contribution is -0.176. The number of rotatable bonds is 16. The summed E-state index contributed by atoms with van der Waals surface area (Å²) in [5.74, 6) is -4.96. The van der Waals surface area contributed by atoms with Crippen LogP contribution >= 0.6 is 0 Å². The zero-order valence-corrected chi connectivity index (χ0v) is 25.2. The third-order valence-electron chi connectivity index (χ3n) is 6.89. The highest BCUT2D eigenvalue weighted by atomic mass is 16.6. The summed E-state index contributed by atoms with van der Waals surface area (Å²) in [6, 6.07) is 34.2. The van der Waals surface area contributed by atoms with Gasteiger partial charge in [-0.15, -0.1) is 0 Å². The van der Waals surface area contributed by atoms with Crippen LogP contribution in [0, 0.1) is 0 Å². The van der Waals surface area contributed by atoms with Crippen molar-refractivity contribution < 1.29 is 43.2 Å². The molecule has 0 aliphatic rings. The number of carboxylic acids is 1. The van der Waals surface area contributed by atoms with Crippen molar-refractivity contribution in [2.24, 2.45) is 0 Å². The fourth-order valence-corrected chi connectivity index (χ4v) is 4.41. The lowest BCUT2D eigenvalue weighted by Gasteiger charge is -2.26. The highest BCUT2D eigenvalue weighted by molar-refractivity contribution is 5.95. The minimum absolute atomic E-state index is 0.0431. The van der Waals surface area contributed by atoms with Crippen molar-refractivity contribution in [1.29, 1.82) is 0 Å². The Morgan fingerprint density at radius 3 is 1.65 bits per heavy atom. The van der Waals surface area contributed by atoms with Gasteiger partial charge in [-0.1, -0.05) is 97.1 Å². The van der Waals surface area contributed by atoms with E-state index in [-0.39, 0.29) is 36.9 Å². The van der Waals surface area contributed by atoms with E-state index in [0.717, 1.165) is 11.1 Å².